The van der Waals surface area contributed by atoms with Crippen LogP contribution in [0.3, 0.4) is 0 Å². The minimum absolute atomic E-state index is 0.127. The van der Waals surface area contributed by atoms with Gasteiger partial charge in [-0.05, 0) is 57.2 Å². The van der Waals surface area contributed by atoms with Crippen molar-refractivity contribution >= 4 is 62.1 Å². The number of methoxy groups -OCH3 is 2. The normalized spacial score (nSPS) is 17.4. The highest BCUT2D eigenvalue weighted by Gasteiger charge is 2.36. The molecule has 1 N–H and O–H groups in total. The zero-order valence-corrected chi connectivity index (χ0v) is 25.8. The van der Waals surface area contributed by atoms with E-state index in [2.05, 4.69) is 31.2 Å². The maximum absolute atomic E-state index is 12.6. The number of rotatable bonds is 8. The van der Waals surface area contributed by atoms with E-state index in [0.717, 1.165) is 34.6 Å². The highest BCUT2D eigenvalue weighted by molar-refractivity contribution is 9.09. The molecular weight excluding hydrogens is 607 g/mol. The summed E-state index contributed by atoms with van der Waals surface area (Å²) in [5, 5.41) is 5.71. The van der Waals surface area contributed by atoms with Crippen LogP contribution in [-0.2, 0) is 4.74 Å². The number of hydrogen-bond donors (Lipinski definition) is 1. The average molecular weight is 640 g/mol. The molecule has 0 bridgehead atoms. The van der Waals surface area contributed by atoms with E-state index in [9.17, 15) is 4.79 Å². The molecule has 2 aromatic carbocycles. The second-order valence-electron chi connectivity index (χ2n) is 10.5. The van der Waals surface area contributed by atoms with E-state index >= 15 is 0 Å². The number of nitrogens with one attached hydrogen (secondary N) is 1. The Morgan fingerprint density at radius 1 is 1.15 bits per heavy atom. The first-order valence-corrected chi connectivity index (χ1v) is 14.6. The second-order valence-corrected chi connectivity index (χ2v) is 11.9. The Hall–Kier alpha value is -2.49. The standard InChI is InChI=1S/C28H33BrCl2N4O4/c1-28(2,3)39-27(36)35-15-16(10-19(35)13-29)8-9-32-26-33-14-18-11-17(6-7-20(18)34-26)23-24(30)21(37-4)12-22(38-5)25(23)31/h6-7,11-12,14,16,19H,8-10,13,15H2,1-5H3,(H,32,33,34)/t16-,19-/m0/s1. The molecule has 11 heteroatoms. The summed E-state index contributed by atoms with van der Waals surface area (Å²) in [4.78, 5) is 23.6. The molecule has 3 aromatic rings. The first-order chi connectivity index (χ1) is 18.5. The van der Waals surface area contributed by atoms with Gasteiger partial charge in [0.15, 0.2) is 0 Å². The molecule has 0 unspecified atom stereocenters. The number of aromatic nitrogens is 2. The summed E-state index contributed by atoms with van der Waals surface area (Å²) in [6, 6.07) is 7.55. The number of fused-ring (bicyclic) bond motifs is 1. The third kappa shape index (κ3) is 6.81. The van der Waals surface area contributed by atoms with Crippen LogP contribution in [0.5, 0.6) is 11.5 Å². The predicted octanol–water partition coefficient (Wildman–Crippen LogP) is 7.44. The Bertz CT molecular complexity index is 1320. The van der Waals surface area contributed by atoms with Crippen molar-refractivity contribution in [3.63, 3.8) is 0 Å². The van der Waals surface area contributed by atoms with E-state index < -0.39 is 5.60 Å². The molecule has 1 fully saturated rings. The van der Waals surface area contributed by atoms with Gasteiger partial charge >= 0.3 is 6.09 Å². The maximum Gasteiger partial charge on any atom is 0.410 e. The fraction of sp³-hybridized carbons (Fsp3) is 0.464. The minimum atomic E-state index is -0.513. The van der Waals surface area contributed by atoms with Crippen LogP contribution in [0.2, 0.25) is 10.0 Å². The summed E-state index contributed by atoms with van der Waals surface area (Å²) in [6.07, 6.45) is 3.33. The van der Waals surface area contributed by atoms with E-state index in [0.29, 0.717) is 52.1 Å². The first-order valence-electron chi connectivity index (χ1n) is 12.7. The molecule has 0 aliphatic carbocycles. The van der Waals surface area contributed by atoms with Gasteiger partial charge in [0.1, 0.15) is 17.1 Å². The van der Waals surface area contributed by atoms with E-state index in [1.807, 2.05) is 43.9 Å². The molecule has 8 nitrogen and oxygen atoms in total. The zero-order chi connectivity index (χ0) is 28.3. The Balaban J connectivity index is 1.43. The highest BCUT2D eigenvalue weighted by Crippen LogP contribution is 2.46. The summed E-state index contributed by atoms with van der Waals surface area (Å²) < 4.78 is 16.4. The van der Waals surface area contributed by atoms with Crippen molar-refractivity contribution in [1.82, 2.24) is 14.9 Å². The highest BCUT2D eigenvalue weighted by atomic mass is 79.9. The van der Waals surface area contributed by atoms with Crippen LogP contribution in [0.15, 0.2) is 30.5 Å². The molecule has 0 radical (unpaired) electrons. The van der Waals surface area contributed by atoms with Crippen LogP contribution in [0, 0.1) is 5.92 Å². The molecule has 210 valence electrons. The van der Waals surface area contributed by atoms with Gasteiger partial charge in [-0.3, -0.25) is 0 Å². The number of hydrogen-bond acceptors (Lipinski definition) is 7. The largest absolute Gasteiger partial charge is 0.495 e. The van der Waals surface area contributed by atoms with Crippen molar-refractivity contribution in [1.29, 1.82) is 0 Å². The number of anilines is 1. The van der Waals surface area contributed by atoms with Gasteiger partial charge in [-0.15, -0.1) is 0 Å². The number of halogens is 3. The molecule has 1 amide bonds. The molecule has 0 saturated carbocycles. The Morgan fingerprint density at radius 2 is 1.85 bits per heavy atom. The van der Waals surface area contributed by atoms with Crippen LogP contribution >= 0.6 is 39.1 Å². The molecule has 1 saturated heterocycles. The number of nitrogens with zero attached hydrogens (tertiary/aromatic N) is 3. The second kappa shape index (κ2) is 12.4. The quantitative estimate of drug-likeness (QED) is 0.256. The lowest BCUT2D eigenvalue weighted by atomic mass is 10.0. The van der Waals surface area contributed by atoms with Crippen molar-refractivity contribution in [2.24, 2.45) is 5.92 Å². The summed E-state index contributed by atoms with van der Waals surface area (Å²) in [5.74, 6) is 1.86. The summed E-state index contributed by atoms with van der Waals surface area (Å²) >= 11 is 16.8. The van der Waals surface area contributed by atoms with Crippen molar-refractivity contribution in [2.75, 3.05) is 38.0 Å². The molecular formula is C28H33BrCl2N4O4. The number of ether oxygens (including phenoxy) is 3. The van der Waals surface area contributed by atoms with Gasteiger partial charge in [-0.2, -0.15) is 0 Å². The van der Waals surface area contributed by atoms with Crippen molar-refractivity contribution in [3.05, 3.63) is 40.5 Å². The lowest BCUT2D eigenvalue weighted by Crippen LogP contribution is -2.40. The van der Waals surface area contributed by atoms with Crippen LogP contribution in [0.1, 0.15) is 33.6 Å². The van der Waals surface area contributed by atoms with Crippen LogP contribution < -0.4 is 14.8 Å². The van der Waals surface area contributed by atoms with Crippen molar-refractivity contribution in [2.45, 2.75) is 45.3 Å². The zero-order valence-electron chi connectivity index (χ0n) is 22.7. The predicted molar refractivity (Wildman–Crippen MR) is 160 cm³/mol. The summed E-state index contributed by atoms with van der Waals surface area (Å²) in [6.45, 7) is 7.02. The van der Waals surface area contributed by atoms with Gasteiger partial charge in [0.05, 0.1) is 29.8 Å². The van der Waals surface area contributed by atoms with E-state index in [4.69, 9.17) is 37.4 Å². The number of amides is 1. The SMILES string of the molecule is COc1cc(OC)c(Cl)c(-c2ccc3nc(NCC[C@H]4C[C@@H](CBr)N(C(=O)OC(C)(C)C)C4)ncc3c2)c1Cl. The third-order valence-corrected chi connectivity index (χ3v) is 8.08. The topological polar surface area (TPSA) is 85.8 Å². The number of benzene rings is 2. The lowest BCUT2D eigenvalue weighted by Gasteiger charge is -2.27. The van der Waals surface area contributed by atoms with Gasteiger partial charge in [-0.1, -0.05) is 45.2 Å². The summed E-state index contributed by atoms with van der Waals surface area (Å²) in [7, 11) is 3.09. The van der Waals surface area contributed by atoms with Gasteiger partial charge in [-0.25, -0.2) is 14.8 Å². The number of carbonyl (C=O) groups excluding carboxylic acids is 1. The van der Waals surface area contributed by atoms with Crippen LogP contribution in [-0.4, -0.2) is 65.2 Å². The van der Waals surface area contributed by atoms with Crippen molar-refractivity contribution < 1.29 is 19.0 Å². The molecule has 2 atom stereocenters. The molecule has 1 aliphatic heterocycles. The Morgan fingerprint density at radius 3 is 2.46 bits per heavy atom. The third-order valence-electron chi connectivity index (χ3n) is 6.59. The van der Waals surface area contributed by atoms with Crippen LogP contribution in [0.25, 0.3) is 22.0 Å². The smallest absolute Gasteiger partial charge is 0.410 e. The number of carbonyl (C=O) groups is 1. The maximum atomic E-state index is 12.6. The molecule has 39 heavy (non-hydrogen) atoms. The molecule has 0 spiro atoms. The molecule has 1 aliphatic rings. The minimum Gasteiger partial charge on any atom is -0.495 e. The van der Waals surface area contributed by atoms with E-state index in [-0.39, 0.29) is 12.1 Å². The fourth-order valence-electron chi connectivity index (χ4n) is 4.71. The van der Waals surface area contributed by atoms with E-state index in [1.165, 1.54) is 0 Å². The van der Waals surface area contributed by atoms with Gasteiger partial charge in [0.2, 0.25) is 5.95 Å². The monoisotopic (exact) mass is 638 g/mol. The number of likely N-dealkylation sites (tertiary alicyclic amines) is 1. The molecule has 4 rings (SSSR count). The molecule has 2 heterocycles. The van der Waals surface area contributed by atoms with Gasteiger partial charge in [0, 0.05) is 47.7 Å². The Kier molecular flexibility index (Phi) is 9.34. The summed E-state index contributed by atoms with van der Waals surface area (Å²) in [5.41, 5.74) is 1.70. The molecule has 1 aromatic heterocycles. The lowest BCUT2D eigenvalue weighted by molar-refractivity contribution is 0.0237. The van der Waals surface area contributed by atoms with Gasteiger partial charge < -0.3 is 24.4 Å². The Labute approximate surface area is 247 Å². The number of alkyl halides is 1. The van der Waals surface area contributed by atoms with E-state index in [1.54, 1.807) is 26.5 Å². The van der Waals surface area contributed by atoms with Gasteiger partial charge in [0.25, 0.3) is 0 Å². The first kappa shape index (κ1) is 29.5. The average Bonchev–Trinajstić information content (AvgIpc) is 3.31. The fourth-order valence-corrected chi connectivity index (χ4v) is 6.05. The van der Waals surface area contributed by atoms with Crippen molar-refractivity contribution in [3.8, 4) is 22.6 Å². The van der Waals surface area contributed by atoms with Crippen LogP contribution in [0.4, 0.5) is 10.7 Å².